The predicted molar refractivity (Wildman–Crippen MR) is 69.9 cm³/mol. The average Bonchev–Trinajstić information content (AvgIpc) is 2.76. The van der Waals surface area contributed by atoms with Crippen molar-refractivity contribution in [2.24, 2.45) is 0 Å². The van der Waals surface area contributed by atoms with Crippen molar-refractivity contribution in [3.8, 4) is 0 Å². The minimum atomic E-state index is -3.28. The number of alkyl halides is 1. The molecular formula is C10H22ClFN2O2S. The van der Waals surface area contributed by atoms with Gasteiger partial charge in [-0.25, -0.2) is 8.42 Å². The van der Waals surface area contributed by atoms with E-state index in [-0.39, 0.29) is 30.6 Å². The number of nitrogens with one attached hydrogen (secondary N) is 1. The largest absolute Gasteiger partial charge is 0.315 e. The van der Waals surface area contributed by atoms with Crippen LogP contribution in [0.1, 0.15) is 26.2 Å². The van der Waals surface area contributed by atoms with Crippen LogP contribution in [0.3, 0.4) is 0 Å². The zero-order valence-corrected chi connectivity index (χ0v) is 11.8. The van der Waals surface area contributed by atoms with E-state index in [1.165, 1.54) is 0 Å². The molecule has 0 aromatic carbocycles. The summed E-state index contributed by atoms with van der Waals surface area (Å²) in [5.74, 6) is -0.0694. The maximum Gasteiger partial charge on any atom is 0.214 e. The van der Waals surface area contributed by atoms with E-state index in [4.69, 9.17) is 0 Å². The van der Waals surface area contributed by atoms with Gasteiger partial charge in [0.05, 0.1) is 12.4 Å². The molecule has 0 radical (unpaired) electrons. The Morgan fingerprint density at radius 2 is 2.18 bits per heavy atom. The first-order valence-electron chi connectivity index (χ1n) is 5.88. The molecule has 0 aliphatic carbocycles. The number of hydrogen-bond acceptors (Lipinski definition) is 3. The Kier molecular flexibility index (Phi) is 8.28. The normalized spacial score (nSPS) is 20.5. The highest BCUT2D eigenvalue weighted by Crippen LogP contribution is 2.15. The third-order valence-corrected chi connectivity index (χ3v) is 4.78. The molecule has 17 heavy (non-hydrogen) atoms. The van der Waals surface area contributed by atoms with E-state index < -0.39 is 16.7 Å². The van der Waals surface area contributed by atoms with Crippen LogP contribution in [-0.4, -0.2) is 50.8 Å². The Bertz CT molecular complexity index is 295. The van der Waals surface area contributed by atoms with Crippen LogP contribution in [-0.2, 0) is 10.0 Å². The highest BCUT2D eigenvalue weighted by molar-refractivity contribution is 7.89. The monoisotopic (exact) mass is 288 g/mol. The molecular weight excluding hydrogens is 267 g/mol. The van der Waals surface area contributed by atoms with Gasteiger partial charge in [-0.1, -0.05) is 6.92 Å². The molecule has 1 rings (SSSR count). The van der Waals surface area contributed by atoms with Gasteiger partial charge in [-0.15, -0.1) is 12.4 Å². The summed E-state index contributed by atoms with van der Waals surface area (Å²) in [4.78, 5) is 0. The lowest BCUT2D eigenvalue weighted by Gasteiger charge is -2.27. The fourth-order valence-electron chi connectivity index (χ4n) is 2.01. The van der Waals surface area contributed by atoms with Crippen LogP contribution in [0.25, 0.3) is 0 Å². The Hall–Kier alpha value is 0.0900. The van der Waals surface area contributed by atoms with E-state index in [2.05, 4.69) is 5.32 Å². The second-order valence-electron chi connectivity index (χ2n) is 4.12. The number of halogens is 2. The lowest BCUT2D eigenvalue weighted by molar-refractivity contribution is 0.333. The van der Waals surface area contributed by atoms with Crippen LogP contribution >= 0.6 is 12.4 Å². The van der Waals surface area contributed by atoms with Crippen LogP contribution in [0.2, 0.25) is 0 Å². The highest BCUT2D eigenvalue weighted by atomic mass is 35.5. The van der Waals surface area contributed by atoms with Crippen molar-refractivity contribution in [3.05, 3.63) is 0 Å². The number of rotatable bonds is 7. The first-order valence-corrected chi connectivity index (χ1v) is 7.49. The molecule has 1 saturated heterocycles. The fourth-order valence-corrected chi connectivity index (χ4v) is 3.81. The first kappa shape index (κ1) is 17.1. The fraction of sp³-hybridized carbons (Fsp3) is 1.00. The standard InChI is InChI=1S/C10H21FN2O2S.ClH/c1-2-7-13(10-4-6-12-9-10)16(14,15)8-3-5-11;/h10,12H,2-9H2,1H3;1H. The molecule has 0 aromatic rings. The van der Waals surface area contributed by atoms with Gasteiger partial charge >= 0.3 is 0 Å². The summed E-state index contributed by atoms with van der Waals surface area (Å²) >= 11 is 0. The maximum atomic E-state index is 12.1. The first-order chi connectivity index (χ1) is 7.61. The molecule has 0 bridgehead atoms. The quantitative estimate of drug-likeness (QED) is 0.765. The molecule has 7 heteroatoms. The van der Waals surface area contributed by atoms with Crippen LogP contribution in [0.15, 0.2) is 0 Å². The van der Waals surface area contributed by atoms with Gasteiger partial charge in [-0.2, -0.15) is 4.31 Å². The summed E-state index contributed by atoms with van der Waals surface area (Å²) in [6.07, 6.45) is 1.75. The highest BCUT2D eigenvalue weighted by Gasteiger charge is 2.30. The van der Waals surface area contributed by atoms with Crippen molar-refractivity contribution in [2.75, 3.05) is 32.1 Å². The molecule has 1 atom stereocenters. The number of sulfonamides is 1. The van der Waals surface area contributed by atoms with Gasteiger partial charge in [0.15, 0.2) is 0 Å². The van der Waals surface area contributed by atoms with E-state index >= 15 is 0 Å². The second-order valence-corrected chi connectivity index (χ2v) is 6.16. The molecule has 0 saturated carbocycles. The van der Waals surface area contributed by atoms with Crippen molar-refractivity contribution in [3.63, 3.8) is 0 Å². The molecule has 4 nitrogen and oxygen atoms in total. The van der Waals surface area contributed by atoms with Crippen molar-refractivity contribution in [2.45, 2.75) is 32.2 Å². The minimum Gasteiger partial charge on any atom is -0.315 e. The lowest BCUT2D eigenvalue weighted by Crippen LogP contribution is -2.43. The molecule has 0 aromatic heterocycles. The van der Waals surface area contributed by atoms with Gasteiger partial charge in [-0.05, 0) is 25.8 Å². The molecule has 1 aliphatic rings. The van der Waals surface area contributed by atoms with Crippen molar-refractivity contribution in [1.82, 2.24) is 9.62 Å². The molecule has 0 spiro atoms. The summed E-state index contributed by atoms with van der Waals surface area (Å²) in [7, 11) is -3.28. The Labute approximate surface area is 109 Å². The van der Waals surface area contributed by atoms with E-state index in [1.54, 1.807) is 4.31 Å². The molecule has 1 aliphatic heterocycles. The third-order valence-electron chi connectivity index (χ3n) is 2.78. The summed E-state index contributed by atoms with van der Waals surface area (Å²) in [5, 5.41) is 3.16. The topological polar surface area (TPSA) is 49.4 Å². The Morgan fingerprint density at radius 1 is 1.47 bits per heavy atom. The van der Waals surface area contributed by atoms with Crippen LogP contribution in [0.4, 0.5) is 4.39 Å². The Balaban J connectivity index is 0.00000256. The van der Waals surface area contributed by atoms with Gasteiger partial charge in [0, 0.05) is 19.1 Å². The third kappa shape index (κ3) is 5.07. The summed E-state index contributed by atoms with van der Waals surface area (Å²) in [5.41, 5.74) is 0. The van der Waals surface area contributed by atoms with Crippen LogP contribution in [0, 0.1) is 0 Å². The van der Waals surface area contributed by atoms with E-state index in [0.717, 1.165) is 25.9 Å². The number of nitrogens with zero attached hydrogens (tertiary/aromatic N) is 1. The van der Waals surface area contributed by atoms with Crippen LogP contribution < -0.4 is 5.32 Å². The van der Waals surface area contributed by atoms with Crippen molar-refractivity contribution < 1.29 is 12.8 Å². The lowest BCUT2D eigenvalue weighted by atomic mass is 10.2. The molecule has 104 valence electrons. The van der Waals surface area contributed by atoms with E-state index in [9.17, 15) is 12.8 Å². The zero-order chi connectivity index (χ0) is 12.0. The molecule has 1 fully saturated rings. The van der Waals surface area contributed by atoms with Crippen LogP contribution in [0.5, 0.6) is 0 Å². The van der Waals surface area contributed by atoms with E-state index in [0.29, 0.717) is 6.54 Å². The SMILES string of the molecule is CCCN(C1CCNC1)S(=O)(=O)CCCF.Cl. The van der Waals surface area contributed by atoms with Gasteiger partial charge in [-0.3, -0.25) is 4.39 Å². The second kappa shape index (κ2) is 8.24. The Morgan fingerprint density at radius 3 is 2.65 bits per heavy atom. The van der Waals surface area contributed by atoms with Crippen molar-refractivity contribution >= 4 is 22.4 Å². The summed E-state index contributed by atoms with van der Waals surface area (Å²) in [6.45, 7) is 3.52. The van der Waals surface area contributed by atoms with Gasteiger partial charge < -0.3 is 5.32 Å². The molecule has 1 heterocycles. The average molecular weight is 289 g/mol. The van der Waals surface area contributed by atoms with Gasteiger partial charge in [0.1, 0.15) is 0 Å². The smallest absolute Gasteiger partial charge is 0.214 e. The zero-order valence-electron chi connectivity index (χ0n) is 10.2. The predicted octanol–water partition coefficient (Wildman–Crippen LogP) is 1.17. The van der Waals surface area contributed by atoms with Gasteiger partial charge in [0.2, 0.25) is 10.0 Å². The van der Waals surface area contributed by atoms with E-state index in [1.807, 2.05) is 6.92 Å². The maximum absolute atomic E-state index is 12.1. The summed E-state index contributed by atoms with van der Waals surface area (Å²) < 4.78 is 37.6. The molecule has 0 amide bonds. The molecule has 1 N–H and O–H groups in total. The minimum absolute atomic E-state index is 0. The van der Waals surface area contributed by atoms with Gasteiger partial charge in [0.25, 0.3) is 0 Å². The molecule has 1 unspecified atom stereocenters. The van der Waals surface area contributed by atoms with Crippen molar-refractivity contribution in [1.29, 1.82) is 0 Å². The number of hydrogen-bond donors (Lipinski definition) is 1. The summed E-state index contributed by atoms with van der Waals surface area (Å²) in [6, 6.07) is 0.0598.